The van der Waals surface area contributed by atoms with Crippen LogP contribution in [-0.4, -0.2) is 56.3 Å². The van der Waals surface area contributed by atoms with Crippen molar-refractivity contribution in [2.45, 2.75) is 18.4 Å². The molecule has 3 rings (SSSR count). The molecule has 1 N–H and O–H groups in total. The highest BCUT2D eigenvalue weighted by Gasteiger charge is 2.29. The van der Waals surface area contributed by atoms with E-state index >= 15 is 0 Å². The van der Waals surface area contributed by atoms with Crippen LogP contribution in [0.15, 0.2) is 53.4 Å². The van der Waals surface area contributed by atoms with Crippen LogP contribution in [0.3, 0.4) is 0 Å². The van der Waals surface area contributed by atoms with Gasteiger partial charge in [0.05, 0.1) is 11.4 Å². The van der Waals surface area contributed by atoms with Gasteiger partial charge < -0.3 is 5.32 Å². The van der Waals surface area contributed by atoms with Crippen LogP contribution in [0.5, 0.6) is 0 Å². The van der Waals surface area contributed by atoms with Gasteiger partial charge in [-0.15, -0.1) is 0 Å². The standard InChI is InChI=1S/C20H24FN3O3S/c1-16-4-2-3-5-17(16)14-22-20(25)15-23-10-12-24(13-11-23)28(26,27)19-8-6-18(21)7-9-19/h2-9H,10-15H2,1H3,(H,22,25). The molecule has 0 saturated carbocycles. The number of hydrogen-bond acceptors (Lipinski definition) is 4. The normalized spacial score (nSPS) is 16.1. The maximum absolute atomic E-state index is 13.0. The number of carbonyl (C=O) groups excluding carboxylic acids is 1. The van der Waals surface area contributed by atoms with E-state index in [1.54, 1.807) is 0 Å². The first kappa shape index (κ1) is 20.4. The van der Waals surface area contributed by atoms with Crippen molar-refractivity contribution in [1.29, 1.82) is 0 Å². The monoisotopic (exact) mass is 405 g/mol. The molecule has 1 heterocycles. The summed E-state index contributed by atoms with van der Waals surface area (Å²) < 4.78 is 39.7. The van der Waals surface area contributed by atoms with Gasteiger partial charge in [0.15, 0.2) is 0 Å². The summed E-state index contributed by atoms with van der Waals surface area (Å²) in [5, 5.41) is 2.91. The van der Waals surface area contributed by atoms with Gasteiger partial charge in [0.25, 0.3) is 0 Å². The van der Waals surface area contributed by atoms with Gasteiger partial charge in [-0.3, -0.25) is 9.69 Å². The van der Waals surface area contributed by atoms with Gasteiger partial charge in [0, 0.05) is 32.7 Å². The molecule has 1 aliphatic rings. The predicted octanol–water partition coefficient (Wildman–Crippen LogP) is 1.76. The van der Waals surface area contributed by atoms with Crippen molar-refractivity contribution in [2.24, 2.45) is 0 Å². The minimum absolute atomic E-state index is 0.0818. The number of hydrogen-bond donors (Lipinski definition) is 1. The maximum atomic E-state index is 13.0. The highest BCUT2D eigenvalue weighted by Crippen LogP contribution is 2.18. The van der Waals surface area contributed by atoms with Crippen LogP contribution >= 0.6 is 0 Å². The maximum Gasteiger partial charge on any atom is 0.243 e. The Morgan fingerprint density at radius 2 is 1.68 bits per heavy atom. The first-order valence-corrected chi connectivity index (χ1v) is 10.6. The van der Waals surface area contributed by atoms with E-state index in [0.717, 1.165) is 23.3 Å². The fourth-order valence-electron chi connectivity index (χ4n) is 3.14. The number of amides is 1. The van der Waals surface area contributed by atoms with E-state index in [9.17, 15) is 17.6 Å². The highest BCUT2D eigenvalue weighted by molar-refractivity contribution is 7.89. The zero-order valence-electron chi connectivity index (χ0n) is 15.8. The van der Waals surface area contributed by atoms with E-state index < -0.39 is 15.8 Å². The summed E-state index contributed by atoms with van der Waals surface area (Å²) in [6, 6.07) is 12.7. The lowest BCUT2D eigenvalue weighted by molar-refractivity contribution is -0.122. The molecule has 8 heteroatoms. The van der Waals surface area contributed by atoms with Gasteiger partial charge in [-0.05, 0) is 42.3 Å². The molecule has 28 heavy (non-hydrogen) atoms. The van der Waals surface area contributed by atoms with Crippen LogP contribution in [0.1, 0.15) is 11.1 Å². The number of halogens is 1. The van der Waals surface area contributed by atoms with Gasteiger partial charge in [-0.25, -0.2) is 12.8 Å². The third-order valence-corrected chi connectivity index (χ3v) is 6.80. The number of benzene rings is 2. The van der Waals surface area contributed by atoms with Gasteiger partial charge in [-0.2, -0.15) is 4.31 Å². The molecular formula is C20H24FN3O3S. The molecule has 0 spiro atoms. The quantitative estimate of drug-likeness (QED) is 0.795. The molecule has 0 radical (unpaired) electrons. The predicted molar refractivity (Wildman–Crippen MR) is 105 cm³/mol. The summed E-state index contributed by atoms with van der Waals surface area (Å²) in [5.74, 6) is -0.557. The fourth-order valence-corrected chi connectivity index (χ4v) is 4.57. The second-order valence-electron chi connectivity index (χ2n) is 6.84. The lowest BCUT2D eigenvalue weighted by Gasteiger charge is -2.33. The molecule has 1 amide bonds. The Morgan fingerprint density at radius 3 is 2.32 bits per heavy atom. The van der Waals surface area contributed by atoms with E-state index in [2.05, 4.69) is 5.32 Å². The molecule has 0 unspecified atom stereocenters. The van der Waals surface area contributed by atoms with Gasteiger partial charge >= 0.3 is 0 Å². The smallest absolute Gasteiger partial charge is 0.243 e. The number of nitrogens with one attached hydrogen (secondary N) is 1. The lowest BCUT2D eigenvalue weighted by Crippen LogP contribution is -2.50. The summed E-state index contributed by atoms with van der Waals surface area (Å²) in [4.78, 5) is 14.2. The summed E-state index contributed by atoms with van der Waals surface area (Å²) in [5.41, 5.74) is 2.20. The van der Waals surface area contributed by atoms with E-state index in [1.165, 1.54) is 16.4 Å². The Kier molecular flexibility index (Phi) is 6.43. The number of carbonyl (C=O) groups is 1. The Morgan fingerprint density at radius 1 is 1.04 bits per heavy atom. The third kappa shape index (κ3) is 4.95. The van der Waals surface area contributed by atoms with Crippen molar-refractivity contribution < 1.29 is 17.6 Å². The second-order valence-corrected chi connectivity index (χ2v) is 8.78. The van der Waals surface area contributed by atoms with Crippen molar-refractivity contribution in [2.75, 3.05) is 32.7 Å². The minimum Gasteiger partial charge on any atom is -0.351 e. The number of aryl methyl sites for hydroxylation is 1. The van der Waals surface area contributed by atoms with Crippen molar-refractivity contribution in [3.63, 3.8) is 0 Å². The lowest BCUT2D eigenvalue weighted by atomic mass is 10.1. The molecular weight excluding hydrogens is 381 g/mol. The highest BCUT2D eigenvalue weighted by atomic mass is 32.2. The van der Waals surface area contributed by atoms with Crippen LogP contribution in [0.25, 0.3) is 0 Å². The van der Waals surface area contributed by atoms with Crippen molar-refractivity contribution in [3.05, 3.63) is 65.5 Å². The summed E-state index contributed by atoms with van der Waals surface area (Å²) in [6.07, 6.45) is 0. The molecule has 1 aliphatic heterocycles. The Bertz CT molecular complexity index is 924. The van der Waals surface area contributed by atoms with E-state index in [4.69, 9.17) is 0 Å². The molecule has 0 bridgehead atoms. The van der Waals surface area contributed by atoms with Crippen LogP contribution in [0.4, 0.5) is 4.39 Å². The van der Waals surface area contributed by atoms with Gasteiger partial charge in [0.2, 0.25) is 15.9 Å². The van der Waals surface area contributed by atoms with E-state index in [0.29, 0.717) is 32.7 Å². The molecule has 2 aromatic rings. The Hall–Kier alpha value is -2.29. The number of piperazine rings is 1. The van der Waals surface area contributed by atoms with Crippen LogP contribution < -0.4 is 5.32 Å². The molecule has 0 aromatic heterocycles. The summed E-state index contributed by atoms with van der Waals surface area (Å²) in [6.45, 7) is 4.25. The van der Waals surface area contributed by atoms with Crippen LogP contribution in [0, 0.1) is 12.7 Å². The number of sulfonamides is 1. The van der Waals surface area contributed by atoms with Crippen molar-refractivity contribution in [1.82, 2.24) is 14.5 Å². The molecule has 0 aliphatic carbocycles. The number of rotatable bonds is 6. The fraction of sp³-hybridized carbons (Fsp3) is 0.350. The SMILES string of the molecule is Cc1ccccc1CNC(=O)CN1CCN(S(=O)(=O)c2ccc(F)cc2)CC1. The first-order valence-electron chi connectivity index (χ1n) is 9.15. The zero-order valence-corrected chi connectivity index (χ0v) is 16.6. The number of nitrogens with zero attached hydrogens (tertiary/aromatic N) is 2. The molecule has 1 saturated heterocycles. The molecule has 2 aromatic carbocycles. The largest absolute Gasteiger partial charge is 0.351 e. The summed E-state index contributed by atoms with van der Waals surface area (Å²) >= 11 is 0. The van der Waals surface area contributed by atoms with E-state index in [1.807, 2.05) is 36.1 Å². The van der Waals surface area contributed by atoms with Gasteiger partial charge in [-0.1, -0.05) is 24.3 Å². The second kappa shape index (κ2) is 8.81. The molecule has 0 atom stereocenters. The van der Waals surface area contributed by atoms with Crippen molar-refractivity contribution >= 4 is 15.9 Å². The average Bonchev–Trinajstić information content (AvgIpc) is 2.68. The van der Waals surface area contributed by atoms with Crippen LogP contribution in [0.2, 0.25) is 0 Å². The third-order valence-electron chi connectivity index (χ3n) is 4.89. The van der Waals surface area contributed by atoms with E-state index in [-0.39, 0.29) is 17.3 Å². The molecule has 1 fully saturated rings. The van der Waals surface area contributed by atoms with Crippen LogP contribution in [-0.2, 0) is 21.4 Å². The van der Waals surface area contributed by atoms with Crippen molar-refractivity contribution in [3.8, 4) is 0 Å². The van der Waals surface area contributed by atoms with Gasteiger partial charge in [0.1, 0.15) is 5.82 Å². The zero-order chi connectivity index (χ0) is 20.1. The first-order chi connectivity index (χ1) is 13.4. The topological polar surface area (TPSA) is 69.7 Å². The summed E-state index contributed by atoms with van der Waals surface area (Å²) in [7, 11) is -3.64. The average molecular weight is 405 g/mol. The molecule has 150 valence electrons. The minimum atomic E-state index is -3.64. The Balaban J connectivity index is 1.49. The molecule has 6 nitrogen and oxygen atoms in total. The Labute approximate surface area is 165 Å².